The zero-order valence-electron chi connectivity index (χ0n) is 15.5. The Labute approximate surface area is 145 Å². The average molecular weight is 334 g/mol. The van der Waals surface area contributed by atoms with Crippen molar-refractivity contribution >= 4 is 6.09 Å². The van der Waals surface area contributed by atoms with E-state index in [1.165, 1.54) is 0 Å². The second kappa shape index (κ2) is 7.92. The average Bonchev–Trinajstić information content (AvgIpc) is 2.53. The molecule has 0 spiro atoms. The summed E-state index contributed by atoms with van der Waals surface area (Å²) in [6.07, 6.45) is 8.20. The van der Waals surface area contributed by atoms with Crippen LogP contribution in [0.1, 0.15) is 58.7 Å². The quantitative estimate of drug-likeness (QED) is 0.846. The van der Waals surface area contributed by atoms with Gasteiger partial charge in [0.1, 0.15) is 5.60 Å². The molecule has 134 valence electrons. The van der Waals surface area contributed by atoms with E-state index < -0.39 is 5.60 Å². The zero-order chi connectivity index (χ0) is 17.7. The minimum atomic E-state index is -0.460. The van der Waals surface area contributed by atoms with Gasteiger partial charge in [0.05, 0.1) is 11.7 Å². The minimum Gasteiger partial charge on any atom is -0.444 e. The van der Waals surface area contributed by atoms with Crippen LogP contribution in [0, 0.1) is 0 Å². The molecule has 0 N–H and O–H groups in total. The number of carbonyl (C=O) groups is 1. The molecule has 1 aromatic heterocycles. The molecule has 1 aromatic rings. The molecule has 1 amide bonds. The van der Waals surface area contributed by atoms with E-state index in [1.807, 2.05) is 25.7 Å². The summed E-state index contributed by atoms with van der Waals surface area (Å²) in [7, 11) is 2.07. The van der Waals surface area contributed by atoms with Crippen LogP contribution in [-0.4, -0.2) is 57.6 Å². The Morgan fingerprint density at radius 1 is 1.42 bits per heavy atom. The van der Waals surface area contributed by atoms with Crippen molar-refractivity contribution in [3.8, 4) is 0 Å². The van der Waals surface area contributed by atoms with Gasteiger partial charge >= 0.3 is 6.09 Å². The summed E-state index contributed by atoms with van der Waals surface area (Å²) in [5, 5.41) is 0. The highest BCUT2D eigenvalue weighted by molar-refractivity contribution is 5.68. The van der Waals surface area contributed by atoms with Crippen LogP contribution >= 0.6 is 0 Å². The predicted octanol–water partition coefficient (Wildman–Crippen LogP) is 3.26. The van der Waals surface area contributed by atoms with Gasteiger partial charge in [0.15, 0.2) is 0 Å². The van der Waals surface area contributed by atoms with Crippen molar-refractivity contribution in [1.82, 2.24) is 19.8 Å². The largest absolute Gasteiger partial charge is 0.444 e. The molecule has 0 aliphatic carbocycles. The van der Waals surface area contributed by atoms with E-state index >= 15 is 0 Å². The van der Waals surface area contributed by atoms with Gasteiger partial charge < -0.3 is 9.64 Å². The van der Waals surface area contributed by atoms with E-state index in [0.29, 0.717) is 0 Å². The van der Waals surface area contributed by atoms with Crippen LogP contribution < -0.4 is 0 Å². The lowest BCUT2D eigenvalue weighted by atomic mass is 10.0. The number of ether oxygens (including phenoxy) is 1. The first-order valence-electron chi connectivity index (χ1n) is 8.73. The van der Waals surface area contributed by atoms with Crippen LogP contribution in [0.25, 0.3) is 0 Å². The summed E-state index contributed by atoms with van der Waals surface area (Å²) in [6.45, 7) is 9.42. The van der Waals surface area contributed by atoms with Gasteiger partial charge in [-0.2, -0.15) is 0 Å². The topological polar surface area (TPSA) is 58.6 Å². The third-order valence-electron chi connectivity index (χ3n) is 4.43. The molecule has 2 atom stereocenters. The molecule has 2 rings (SSSR count). The fourth-order valence-corrected chi connectivity index (χ4v) is 2.99. The second-order valence-electron chi connectivity index (χ2n) is 7.57. The molecule has 0 saturated carbocycles. The SMILES string of the molecule is CC(c1cnccn1)N(C)CC1CCCCN1C(=O)OC(C)(C)C. The Hall–Kier alpha value is -1.69. The van der Waals surface area contributed by atoms with Crippen LogP contribution in [0.4, 0.5) is 4.79 Å². The van der Waals surface area contributed by atoms with Gasteiger partial charge in [-0.05, 0) is 54.0 Å². The van der Waals surface area contributed by atoms with Crippen LogP contribution in [0.5, 0.6) is 0 Å². The van der Waals surface area contributed by atoms with Crippen molar-refractivity contribution in [1.29, 1.82) is 0 Å². The highest BCUT2D eigenvalue weighted by Crippen LogP contribution is 2.23. The molecular formula is C18H30N4O2. The smallest absolute Gasteiger partial charge is 0.410 e. The zero-order valence-corrected chi connectivity index (χ0v) is 15.5. The van der Waals surface area contributed by atoms with Gasteiger partial charge in [-0.25, -0.2) is 4.79 Å². The molecule has 1 aliphatic heterocycles. The molecule has 0 aromatic carbocycles. The van der Waals surface area contributed by atoms with Gasteiger partial charge in [0.2, 0.25) is 0 Å². The molecule has 2 heterocycles. The van der Waals surface area contributed by atoms with E-state index in [1.54, 1.807) is 18.6 Å². The van der Waals surface area contributed by atoms with Crippen molar-refractivity contribution in [2.45, 2.75) is 64.6 Å². The van der Waals surface area contributed by atoms with Crippen molar-refractivity contribution < 1.29 is 9.53 Å². The van der Waals surface area contributed by atoms with Crippen LogP contribution in [-0.2, 0) is 4.74 Å². The van der Waals surface area contributed by atoms with Crippen LogP contribution in [0.15, 0.2) is 18.6 Å². The number of likely N-dealkylation sites (N-methyl/N-ethyl adjacent to an activating group) is 1. The number of aromatic nitrogens is 2. The molecule has 6 heteroatoms. The van der Waals surface area contributed by atoms with Gasteiger partial charge in [0, 0.05) is 37.7 Å². The number of piperidine rings is 1. The lowest BCUT2D eigenvalue weighted by Gasteiger charge is -2.39. The lowest BCUT2D eigenvalue weighted by Crippen LogP contribution is -2.50. The van der Waals surface area contributed by atoms with E-state index in [4.69, 9.17) is 4.74 Å². The van der Waals surface area contributed by atoms with E-state index in [0.717, 1.165) is 38.0 Å². The first-order valence-corrected chi connectivity index (χ1v) is 8.73. The maximum absolute atomic E-state index is 12.5. The van der Waals surface area contributed by atoms with Gasteiger partial charge in [0.25, 0.3) is 0 Å². The number of nitrogens with zero attached hydrogens (tertiary/aromatic N) is 4. The normalized spacial score (nSPS) is 20.1. The molecule has 6 nitrogen and oxygen atoms in total. The van der Waals surface area contributed by atoms with Crippen LogP contribution in [0.2, 0.25) is 0 Å². The Balaban J connectivity index is 2.01. The van der Waals surface area contributed by atoms with Crippen molar-refractivity contribution in [2.24, 2.45) is 0 Å². The Bertz CT molecular complexity index is 530. The molecule has 1 aliphatic rings. The third-order valence-corrected chi connectivity index (χ3v) is 4.43. The minimum absolute atomic E-state index is 0.154. The first kappa shape index (κ1) is 18.6. The Kier molecular flexibility index (Phi) is 6.15. The summed E-state index contributed by atoms with van der Waals surface area (Å²) in [4.78, 5) is 25.2. The molecule has 2 unspecified atom stereocenters. The van der Waals surface area contributed by atoms with E-state index in [2.05, 4.69) is 28.8 Å². The Morgan fingerprint density at radius 3 is 2.79 bits per heavy atom. The lowest BCUT2D eigenvalue weighted by molar-refractivity contribution is 0.00458. The van der Waals surface area contributed by atoms with E-state index in [9.17, 15) is 4.79 Å². The predicted molar refractivity (Wildman–Crippen MR) is 93.7 cm³/mol. The Morgan fingerprint density at radius 2 is 2.17 bits per heavy atom. The number of hydrogen-bond donors (Lipinski definition) is 0. The summed E-state index contributed by atoms with van der Waals surface area (Å²) in [5.41, 5.74) is 0.484. The number of rotatable bonds is 4. The maximum Gasteiger partial charge on any atom is 0.410 e. The van der Waals surface area contributed by atoms with Crippen molar-refractivity contribution in [2.75, 3.05) is 20.1 Å². The highest BCUT2D eigenvalue weighted by Gasteiger charge is 2.31. The fraction of sp³-hybridized carbons (Fsp3) is 0.722. The number of hydrogen-bond acceptors (Lipinski definition) is 5. The summed E-state index contributed by atoms with van der Waals surface area (Å²) in [6, 6.07) is 0.332. The third kappa shape index (κ3) is 5.16. The van der Waals surface area contributed by atoms with Crippen molar-refractivity contribution in [3.63, 3.8) is 0 Å². The fourth-order valence-electron chi connectivity index (χ4n) is 2.99. The summed E-state index contributed by atoms with van der Waals surface area (Å²) in [5.74, 6) is 0. The molecule has 0 radical (unpaired) electrons. The van der Waals surface area contributed by atoms with Crippen molar-refractivity contribution in [3.05, 3.63) is 24.3 Å². The standard InChI is InChI=1S/C18H30N4O2/c1-14(16-12-19-9-10-20-16)21(5)13-15-8-6-7-11-22(15)17(23)24-18(2,3)4/h9-10,12,14-15H,6-8,11,13H2,1-5H3. The molecule has 1 fully saturated rings. The maximum atomic E-state index is 12.5. The monoisotopic (exact) mass is 334 g/mol. The highest BCUT2D eigenvalue weighted by atomic mass is 16.6. The molecule has 24 heavy (non-hydrogen) atoms. The van der Waals surface area contributed by atoms with Crippen LogP contribution in [0.3, 0.4) is 0 Å². The van der Waals surface area contributed by atoms with Gasteiger partial charge in [-0.15, -0.1) is 0 Å². The van der Waals surface area contributed by atoms with Gasteiger partial charge in [-0.1, -0.05) is 0 Å². The molecule has 0 bridgehead atoms. The molecule has 1 saturated heterocycles. The van der Waals surface area contributed by atoms with Gasteiger partial charge in [-0.3, -0.25) is 14.9 Å². The number of amides is 1. The van der Waals surface area contributed by atoms with E-state index in [-0.39, 0.29) is 18.2 Å². The number of carbonyl (C=O) groups excluding carboxylic acids is 1. The summed E-state index contributed by atoms with van der Waals surface area (Å²) >= 11 is 0. The summed E-state index contributed by atoms with van der Waals surface area (Å²) < 4.78 is 5.58. The second-order valence-corrected chi connectivity index (χ2v) is 7.57. The number of likely N-dealkylation sites (tertiary alicyclic amines) is 1. The molecular weight excluding hydrogens is 304 g/mol. The first-order chi connectivity index (χ1) is 11.3.